The Hall–Kier alpha value is -0.157. The molecular weight excluding hydrogens is 295 g/mol. The number of allylic oxidation sites excluding steroid dienone is 8. The molecule has 2 aliphatic carbocycles. The van der Waals surface area contributed by atoms with Gasteiger partial charge in [0.1, 0.15) is 0 Å². The van der Waals surface area contributed by atoms with Crippen molar-refractivity contribution in [1.82, 2.24) is 0 Å². The van der Waals surface area contributed by atoms with Gasteiger partial charge in [0.05, 0.1) is 0 Å². The minimum atomic E-state index is -0.549. The topological polar surface area (TPSA) is 0 Å². The van der Waals surface area contributed by atoms with E-state index in [9.17, 15) is 0 Å². The van der Waals surface area contributed by atoms with Crippen LogP contribution in [0, 0.1) is 0 Å². The van der Waals surface area contributed by atoms with E-state index < -0.39 is 23.2 Å². The second-order valence-electron chi connectivity index (χ2n) is 5.76. The maximum atomic E-state index is 2.55. The van der Waals surface area contributed by atoms with Gasteiger partial charge in [-0.2, -0.15) is 0 Å². The van der Waals surface area contributed by atoms with Crippen LogP contribution >= 0.6 is 0 Å². The fourth-order valence-corrected chi connectivity index (χ4v) is 7.58. The molecule has 0 bridgehead atoms. The Morgan fingerprint density at radius 3 is 2.56 bits per heavy atom. The molecule has 2 rings (SSSR count). The Kier molecular flexibility index (Phi) is 4.32. The third-order valence-corrected chi connectivity index (χ3v) is 8.98. The van der Waals surface area contributed by atoms with Crippen LogP contribution < -0.4 is 0 Å². The van der Waals surface area contributed by atoms with E-state index in [1.54, 1.807) is 16.7 Å². The summed E-state index contributed by atoms with van der Waals surface area (Å²) in [6, 6.07) is 0. The summed E-state index contributed by atoms with van der Waals surface area (Å²) in [5, 5.41) is 0. The van der Waals surface area contributed by atoms with Gasteiger partial charge in [-0.05, 0) is 0 Å². The summed E-state index contributed by atoms with van der Waals surface area (Å²) in [5.74, 6) is 0. The predicted molar refractivity (Wildman–Crippen MR) is 76.2 cm³/mol. The Morgan fingerprint density at radius 2 is 2.00 bits per heavy atom. The van der Waals surface area contributed by atoms with Crippen LogP contribution in [0.2, 0.25) is 3.12 Å². The third kappa shape index (κ3) is 2.57. The van der Waals surface area contributed by atoms with Gasteiger partial charge in [-0.25, -0.2) is 0 Å². The van der Waals surface area contributed by atoms with Crippen LogP contribution in [0.15, 0.2) is 43.8 Å². The average Bonchev–Trinajstić information content (AvgIpc) is 2.81. The van der Waals surface area contributed by atoms with Gasteiger partial charge in [0.25, 0.3) is 0 Å². The van der Waals surface area contributed by atoms with Gasteiger partial charge < -0.3 is 0 Å². The summed E-state index contributed by atoms with van der Waals surface area (Å²) in [4.78, 5) is 0. The van der Waals surface area contributed by atoms with Gasteiger partial charge in [0, 0.05) is 0 Å². The molecule has 0 heterocycles. The van der Waals surface area contributed by atoms with E-state index in [1.165, 1.54) is 24.8 Å². The molecule has 2 aliphatic rings. The molecule has 96 valence electrons. The van der Waals surface area contributed by atoms with Crippen LogP contribution in [0.25, 0.3) is 0 Å². The number of hydrogen-bond donors (Lipinski definition) is 0. The van der Waals surface area contributed by atoms with E-state index in [0.717, 1.165) is 0 Å². The van der Waals surface area contributed by atoms with Gasteiger partial charge in [-0.1, -0.05) is 0 Å². The minimum absolute atomic E-state index is 0.428. The van der Waals surface area contributed by atoms with Crippen molar-refractivity contribution in [1.29, 1.82) is 0 Å². The molecule has 0 N–H and O–H groups in total. The summed E-state index contributed by atoms with van der Waals surface area (Å²) in [6.07, 6.45) is 11.1. The summed E-state index contributed by atoms with van der Waals surface area (Å²) < 4.78 is 2.26. The second kappa shape index (κ2) is 5.45. The van der Waals surface area contributed by atoms with Crippen molar-refractivity contribution >= 4 is 0 Å². The summed E-state index contributed by atoms with van der Waals surface area (Å²) >= 11 is -0.549. The van der Waals surface area contributed by atoms with Gasteiger partial charge >= 0.3 is 124 Å². The van der Waals surface area contributed by atoms with Crippen molar-refractivity contribution in [2.75, 3.05) is 0 Å². The van der Waals surface area contributed by atoms with Crippen LogP contribution in [0.1, 0.15) is 53.9 Å². The molecule has 0 saturated carbocycles. The first-order valence-electron chi connectivity index (χ1n) is 7.02. The molecule has 0 radical (unpaired) electrons. The Labute approximate surface area is 124 Å². The van der Waals surface area contributed by atoms with Crippen molar-refractivity contribution in [3.8, 4) is 0 Å². The van der Waals surface area contributed by atoms with Gasteiger partial charge in [-0.3, -0.25) is 0 Å². The Bertz CT molecular complexity index is 474. The van der Waals surface area contributed by atoms with E-state index in [-0.39, 0.29) is 0 Å². The van der Waals surface area contributed by atoms with Crippen molar-refractivity contribution in [2.45, 2.75) is 57.0 Å². The molecule has 0 aliphatic heterocycles. The molecule has 0 saturated heterocycles. The zero-order valence-electron chi connectivity index (χ0n) is 12.4. The molecular formula is C17H24Zr. The molecule has 0 aromatic heterocycles. The zero-order chi connectivity index (χ0) is 13.3. The van der Waals surface area contributed by atoms with E-state index in [4.69, 9.17) is 0 Å². The fraction of sp³-hybridized carbons (Fsp3) is 0.529. The molecule has 1 atom stereocenters. The molecule has 18 heavy (non-hydrogen) atoms. The molecule has 1 unspecified atom stereocenters. The number of rotatable bonds is 4. The molecule has 0 aromatic carbocycles. The molecule has 0 fully saturated rings. The van der Waals surface area contributed by atoms with E-state index in [1.807, 2.05) is 3.28 Å². The van der Waals surface area contributed by atoms with Crippen LogP contribution in [0.3, 0.4) is 0 Å². The van der Waals surface area contributed by atoms with Crippen molar-refractivity contribution in [3.05, 3.63) is 43.8 Å². The van der Waals surface area contributed by atoms with E-state index in [0.29, 0.717) is 3.12 Å². The van der Waals surface area contributed by atoms with Crippen molar-refractivity contribution < 1.29 is 23.2 Å². The Morgan fingerprint density at radius 1 is 1.28 bits per heavy atom. The summed E-state index contributed by atoms with van der Waals surface area (Å²) in [7, 11) is 0. The van der Waals surface area contributed by atoms with E-state index in [2.05, 4.69) is 52.8 Å². The zero-order valence-corrected chi connectivity index (χ0v) is 14.8. The molecule has 0 spiro atoms. The fourth-order valence-electron chi connectivity index (χ4n) is 2.96. The van der Waals surface area contributed by atoms with Crippen LogP contribution in [-0.4, -0.2) is 0 Å². The first-order chi connectivity index (χ1) is 8.48. The summed E-state index contributed by atoms with van der Waals surface area (Å²) in [6.45, 7) is 11.7. The average molecular weight is 320 g/mol. The monoisotopic (exact) mass is 318 g/mol. The van der Waals surface area contributed by atoms with Crippen LogP contribution in [-0.2, 0) is 23.2 Å². The molecule has 0 amide bonds. The summed E-state index contributed by atoms with van der Waals surface area (Å²) in [5.41, 5.74) is 6.37. The van der Waals surface area contributed by atoms with Gasteiger partial charge in [-0.15, -0.1) is 0 Å². The SMILES string of the molecule is CCCC1=[C]([Zr][C]2(C)C=C(C)C(C)=C2C)CC=C1. The molecule has 0 aromatic rings. The van der Waals surface area contributed by atoms with Crippen LogP contribution in [0.4, 0.5) is 0 Å². The Balaban J connectivity index is 2.23. The predicted octanol–water partition coefficient (Wildman–Crippen LogP) is 5.56. The van der Waals surface area contributed by atoms with Gasteiger partial charge in [0.15, 0.2) is 0 Å². The van der Waals surface area contributed by atoms with Crippen molar-refractivity contribution in [3.63, 3.8) is 0 Å². The van der Waals surface area contributed by atoms with E-state index >= 15 is 0 Å². The van der Waals surface area contributed by atoms with Crippen LogP contribution in [0.5, 0.6) is 0 Å². The maximum absolute atomic E-state index is 2.55. The first-order valence-corrected chi connectivity index (χ1v) is 9.48. The van der Waals surface area contributed by atoms with Gasteiger partial charge in [0.2, 0.25) is 0 Å². The molecule has 0 nitrogen and oxygen atoms in total. The van der Waals surface area contributed by atoms with Crippen molar-refractivity contribution in [2.24, 2.45) is 0 Å². The second-order valence-corrected chi connectivity index (χ2v) is 10.4. The standard InChI is InChI=1S/C9H13.C8H11.Zr/c1-6-5-7(2)9(4)8(6)3;1-2-5-8-6-3-4-7-8;/h5H,1-4H3;3,6H,2,4-5H2,1H3;. The number of hydrogen-bond acceptors (Lipinski definition) is 0. The normalized spacial score (nSPS) is 27.3. The third-order valence-electron chi connectivity index (χ3n) is 4.40. The quantitative estimate of drug-likeness (QED) is 0.636. The molecule has 1 heteroatoms. The first kappa shape index (κ1) is 14.3.